The summed E-state index contributed by atoms with van der Waals surface area (Å²) in [5, 5.41) is 3.01. The van der Waals surface area contributed by atoms with Crippen molar-refractivity contribution in [1.29, 1.82) is 0 Å². The monoisotopic (exact) mass is 374 g/mol. The highest BCUT2D eigenvalue weighted by Gasteiger charge is 2.28. The molecule has 2 heterocycles. The molecule has 27 heavy (non-hydrogen) atoms. The molecule has 1 N–H and O–H groups in total. The van der Waals surface area contributed by atoms with Gasteiger partial charge >= 0.3 is 6.03 Å². The molecule has 7 nitrogen and oxygen atoms in total. The summed E-state index contributed by atoms with van der Waals surface area (Å²) >= 11 is 0. The van der Waals surface area contributed by atoms with Crippen LogP contribution in [0.2, 0.25) is 0 Å². The maximum Gasteiger partial charge on any atom is 0.317 e. The molecule has 0 radical (unpaired) electrons. The molecule has 3 amide bonds. The molecular formula is C20H30N4O3. The third-order valence-corrected chi connectivity index (χ3v) is 5.47. The lowest BCUT2D eigenvalue weighted by molar-refractivity contribution is -0.135. The normalized spacial score (nSPS) is 20.8. The molecule has 0 aliphatic carbocycles. The van der Waals surface area contributed by atoms with Gasteiger partial charge in [-0.3, -0.25) is 4.79 Å². The zero-order valence-corrected chi connectivity index (χ0v) is 16.3. The van der Waals surface area contributed by atoms with Crippen molar-refractivity contribution >= 4 is 11.9 Å². The van der Waals surface area contributed by atoms with Gasteiger partial charge < -0.3 is 24.8 Å². The quantitative estimate of drug-likeness (QED) is 0.817. The number of ether oxygens (including phenoxy) is 1. The van der Waals surface area contributed by atoms with Crippen LogP contribution < -0.4 is 10.1 Å². The fourth-order valence-electron chi connectivity index (χ4n) is 3.75. The molecule has 1 atom stereocenters. The Morgan fingerprint density at radius 2 is 2.15 bits per heavy atom. The Bertz CT molecular complexity index is 666. The molecule has 2 aliphatic heterocycles. The van der Waals surface area contributed by atoms with Crippen molar-refractivity contribution in [2.75, 3.05) is 52.9 Å². The van der Waals surface area contributed by atoms with Gasteiger partial charge in [-0.15, -0.1) is 0 Å². The number of urea groups is 1. The van der Waals surface area contributed by atoms with Crippen molar-refractivity contribution in [3.05, 3.63) is 29.8 Å². The molecule has 2 aliphatic rings. The molecule has 1 aromatic rings. The van der Waals surface area contributed by atoms with E-state index in [0.717, 1.165) is 37.4 Å². The predicted molar refractivity (Wildman–Crippen MR) is 104 cm³/mol. The van der Waals surface area contributed by atoms with Crippen LogP contribution in [0.5, 0.6) is 5.75 Å². The number of nitrogens with one attached hydrogen (secondary N) is 1. The highest BCUT2D eigenvalue weighted by molar-refractivity contribution is 5.85. The summed E-state index contributed by atoms with van der Waals surface area (Å²) in [5.41, 5.74) is 1.03. The average molecular weight is 374 g/mol. The predicted octanol–water partition coefficient (Wildman–Crippen LogP) is 1.39. The zero-order valence-electron chi connectivity index (χ0n) is 16.3. The first-order chi connectivity index (χ1) is 13.1. The Hall–Kier alpha value is -2.28. The van der Waals surface area contributed by atoms with E-state index in [1.165, 1.54) is 0 Å². The Morgan fingerprint density at radius 1 is 1.30 bits per heavy atom. The van der Waals surface area contributed by atoms with Crippen LogP contribution in [0.4, 0.5) is 4.79 Å². The summed E-state index contributed by atoms with van der Waals surface area (Å²) in [5.74, 6) is 1.28. The first-order valence-electron chi connectivity index (χ1n) is 9.75. The first kappa shape index (κ1) is 19.5. The van der Waals surface area contributed by atoms with Gasteiger partial charge in [-0.05, 0) is 43.1 Å². The standard InChI is InChI=1S/C20H30N4O3/c1-3-22-8-7-17(13-22)12-21-20(26)24-10-9-23(19(25)15-24)14-16-5-4-6-18(11-16)27-2/h4-6,11,17H,3,7-10,12-15H2,1-2H3,(H,21,26)/t17-/m1/s1. The lowest BCUT2D eigenvalue weighted by Gasteiger charge is -2.34. The van der Waals surface area contributed by atoms with Crippen LogP contribution in [0.15, 0.2) is 24.3 Å². The highest BCUT2D eigenvalue weighted by Crippen LogP contribution is 2.17. The molecule has 0 unspecified atom stereocenters. The number of benzene rings is 1. The van der Waals surface area contributed by atoms with E-state index in [1.807, 2.05) is 24.3 Å². The molecular weight excluding hydrogens is 344 g/mol. The van der Waals surface area contributed by atoms with E-state index in [2.05, 4.69) is 17.1 Å². The van der Waals surface area contributed by atoms with Gasteiger partial charge in [0.1, 0.15) is 12.3 Å². The molecule has 2 saturated heterocycles. The minimum Gasteiger partial charge on any atom is -0.497 e. The van der Waals surface area contributed by atoms with Crippen molar-refractivity contribution in [3.8, 4) is 5.75 Å². The fraction of sp³-hybridized carbons (Fsp3) is 0.600. The molecule has 0 bridgehead atoms. The number of methoxy groups -OCH3 is 1. The number of hydrogen-bond donors (Lipinski definition) is 1. The van der Waals surface area contributed by atoms with Crippen LogP contribution >= 0.6 is 0 Å². The van der Waals surface area contributed by atoms with Gasteiger partial charge in [0.2, 0.25) is 5.91 Å². The molecule has 0 saturated carbocycles. The van der Waals surface area contributed by atoms with E-state index >= 15 is 0 Å². The Balaban J connectivity index is 1.45. The number of carbonyl (C=O) groups excluding carboxylic acids is 2. The summed E-state index contributed by atoms with van der Waals surface area (Å²) in [4.78, 5) is 30.7. The number of rotatable bonds is 6. The van der Waals surface area contributed by atoms with Gasteiger partial charge in [0.25, 0.3) is 0 Å². The lowest BCUT2D eigenvalue weighted by atomic mass is 10.1. The van der Waals surface area contributed by atoms with E-state index < -0.39 is 0 Å². The van der Waals surface area contributed by atoms with Crippen molar-refractivity contribution in [2.24, 2.45) is 5.92 Å². The number of hydrogen-bond acceptors (Lipinski definition) is 4. The van der Waals surface area contributed by atoms with Gasteiger partial charge in [-0.2, -0.15) is 0 Å². The maximum absolute atomic E-state index is 12.5. The van der Waals surface area contributed by atoms with Crippen molar-refractivity contribution in [1.82, 2.24) is 20.0 Å². The summed E-state index contributed by atoms with van der Waals surface area (Å²) in [6.07, 6.45) is 1.13. The number of piperazine rings is 1. The third-order valence-electron chi connectivity index (χ3n) is 5.47. The largest absolute Gasteiger partial charge is 0.497 e. The SMILES string of the molecule is CCN1CC[C@H](CNC(=O)N2CCN(Cc3cccc(OC)c3)C(=O)C2)C1. The van der Waals surface area contributed by atoms with Gasteiger partial charge in [0.05, 0.1) is 7.11 Å². The van der Waals surface area contributed by atoms with E-state index in [-0.39, 0.29) is 18.5 Å². The smallest absolute Gasteiger partial charge is 0.317 e. The van der Waals surface area contributed by atoms with Crippen molar-refractivity contribution < 1.29 is 14.3 Å². The van der Waals surface area contributed by atoms with Crippen LogP contribution in [0, 0.1) is 5.92 Å². The fourth-order valence-corrected chi connectivity index (χ4v) is 3.75. The second-order valence-corrected chi connectivity index (χ2v) is 7.32. The summed E-state index contributed by atoms with van der Waals surface area (Å²) in [6, 6.07) is 7.60. The molecule has 0 spiro atoms. The first-order valence-corrected chi connectivity index (χ1v) is 9.75. The van der Waals surface area contributed by atoms with Crippen LogP contribution in [-0.2, 0) is 11.3 Å². The molecule has 3 rings (SSSR count). The molecule has 2 fully saturated rings. The Labute approximate surface area is 161 Å². The van der Waals surface area contributed by atoms with Crippen LogP contribution in [0.3, 0.4) is 0 Å². The Morgan fingerprint density at radius 3 is 2.85 bits per heavy atom. The van der Waals surface area contributed by atoms with Crippen molar-refractivity contribution in [2.45, 2.75) is 19.9 Å². The zero-order chi connectivity index (χ0) is 19.2. The molecule has 1 aromatic carbocycles. The minimum absolute atomic E-state index is 0.0164. The maximum atomic E-state index is 12.5. The third kappa shape index (κ3) is 5.13. The second-order valence-electron chi connectivity index (χ2n) is 7.32. The summed E-state index contributed by atoms with van der Waals surface area (Å²) < 4.78 is 5.23. The summed E-state index contributed by atoms with van der Waals surface area (Å²) in [7, 11) is 1.63. The van der Waals surface area contributed by atoms with Crippen molar-refractivity contribution in [3.63, 3.8) is 0 Å². The number of amides is 3. The van der Waals surface area contributed by atoms with Crippen LogP contribution in [0.25, 0.3) is 0 Å². The molecule has 148 valence electrons. The van der Waals surface area contributed by atoms with E-state index in [4.69, 9.17) is 4.74 Å². The number of likely N-dealkylation sites (tertiary alicyclic amines) is 1. The Kier molecular flexibility index (Phi) is 6.55. The molecule has 7 heteroatoms. The lowest BCUT2D eigenvalue weighted by Crippen LogP contribution is -2.54. The molecule has 0 aromatic heterocycles. The highest BCUT2D eigenvalue weighted by atomic mass is 16.5. The number of carbonyl (C=O) groups is 2. The van der Waals surface area contributed by atoms with Gasteiger partial charge in [0.15, 0.2) is 0 Å². The van der Waals surface area contributed by atoms with Gasteiger partial charge in [-0.1, -0.05) is 19.1 Å². The van der Waals surface area contributed by atoms with E-state index in [9.17, 15) is 9.59 Å². The minimum atomic E-state index is -0.126. The van der Waals surface area contributed by atoms with Gasteiger partial charge in [-0.25, -0.2) is 4.79 Å². The average Bonchev–Trinajstić information content (AvgIpc) is 3.16. The second kappa shape index (κ2) is 9.08. The topological polar surface area (TPSA) is 65.1 Å². The van der Waals surface area contributed by atoms with Crippen LogP contribution in [0.1, 0.15) is 18.9 Å². The summed E-state index contributed by atoms with van der Waals surface area (Å²) in [6.45, 7) is 7.87. The van der Waals surface area contributed by atoms with Gasteiger partial charge in [0, 0.05) is 32.7 Å². The van der Waals surface area contributed by atoms with E-state index in [0.29, 0.717) is 32.1 Å². The number of nitrogens with zero attached hydrogens (tertiary/aromatic N) is 3. The van der Waals surface area contributed by atoms with Crippen LogP contribution in [-0.4, -0.2) is 79.6 Å². The van der Waals surface area contributed by atoms with E-state index in [1.54, 1.807) is 16.9 Å².